The maximum absolute atomic E-state index is 13.3. The van der Waals surface area contributed by atoms with Crippen LogP contribution in [0.15, 0.2) is 44.3 Å². The summed E-state index contributed by atoms with van der Waals surface area (Å²) in [5.41, 5.74) is 3.02. The minimum Gasteiger partial charge on any atom is -0.496 e. The lowest BCUT2D eigenvalue weighted by Crippen LogP contribution is -2.49. The lowest BCUT2D eigenvalue weighted by atomic mass is 9.83. The number of fused-ring (bicyclic) bond motifs is 5. The van der Waals surface area contributed by atoms with Crippen LogP contribution >= 0.6 is 0 Å². The van der Waals surface area contributed by atoms with E-state index >= 15 is 0 Å². The third-order valence-electron chi connectivity index (χ3n) is 6.87. The third kappa shape index (κ3) is 3.32. The number of hydrogen-bond acceptors (Lipinski definition) is 5. The van der Waals surface area contributed by atoms with Gasteiger partial charge in [-0.1, -0.05) is 6.07 Å². The van der Waals surface area contributed by atoms with Crippen LogP contribution < -0.4 is 15.9 Å². The Balaban J connectivity index is 1.45. The Hall–Kier alpha value is -3.35. The molecule has 1 fully saturated rings. The van der Waals surface area contributed by atoms with Gasteiger partial charge in [0, 0.05) is 37.3 Å². The fourth-order valence-corrected chi connectivity index (χ4v) is 5.37. The van der Waals surface area contributed by atoms with E-state index in [1.54, 1.807) is 19.2 Å². The molecule has 0 spiro atoms. The number of aryl methyl sites for hydroxylation is 2. The van der Waals surface area contributed by atoms with Crippen molar-refractivity contribution in [3.8, 4) is 5.75 Å². The number of nitrogens with zero attached hydrogens (tertiary/aromatic N) is 2. The molecule has 0 radical (unpaired) electrons. The van der Waals surface area contributed by atoms with Crippen molar-refractivity contribution in [2.75, 3.05) is 20.2 Å². The first-order valence-electron chi connectivity index (χ1n) is 10.9. The van der Waals surface area contributed by atoms with E-state index < -0.39 is 5.63 Å². The van der Waals surface area contributed by atoms with E-state index in [2.05, 4.69) is 0 Å². The summed E-state index contributed by atoms with van der Waals surface area (Å²) in [6, 6.07) is 9.06. The first-order valence-corrected chi connectivity index (χ1v) is 10.9. The zero-order valence-electron chi connectivity index (χ0n) is 18.5. The molecule has 2 atom stereocenters. The number of pyridine rings is 1. The standard InChI is InChI=1S/C25H26N2O5/c1-14-7-20(31-3)24-15(2)18(25(30)32-21(24)8-14)10-23(29)26-11-16-9-17(13-26)19-5-4-6-22(28)27(19)12-16/h4-8,16-17H,9-13H2,1-3H3/t16-,17+/m1/s1. The van der Waals surface area contributed by atoms with Crippen LogP contribution in [0.2, 0.25) is 0 Å². The van der Waals surface area contributed by atoms with Gasteiger partial charge in [0.05, 0.1) is 24.5 Å². The first kappa shape index (κ1) is 20.5. The highest BCUT2D eigenvalue weighted by atomic mass is 16.5. The van der Waals surface area contributed by atoms with Gasteiger partial charge in [-0.2, -0.15) is 0 Å². The highest BCUT2D eigenvalue weighted by Gasteiger charge is 2.36. The second-order valence-corrected chi connectivity index (χ2v) is 9.01. The van der Waals surface area contributed by atoms with Gasteiger partial charge in [-0.15, -0.1) is 0 Å². The SMILES string of the molecule is COc1cc(C)cc2oc(=O)c(CC(=O)N3C[C@H]4C[C@@H](C3)c3cccc(=O)n3C4)c(C)c12. The average molecular weight is 434 g/mol. The van der Waals surface area contributed by atoms with Crippen molar-refractivity contribution < 1.29 is 13.9 Å². The number of amides is 1. The van der Waals surface area contributed by atoms with Crippen LogP contribution in [0.3, 0.4) is 0 Å². The van der Waals surface area contributed by atoms with E-state index in [1.807, 2.05) is 41.5 Å². The molecular weight excluding hydrogens is 408 g/mol. The highest BCUT2D eigenvalue weighted by molar-refractivity contribution is 5.89. The normalized spacial score (nSPS) is 19.7. The summed E-state index contributed by atoms with van der Waals surface area (Å²) in [4.78, 5) is 40.1. The topological polar surface area (TPSA) is 81.8 Å². The summed E-state index contributed by atoms with van der Waals surface area (Å²) in [5, 5.41) is 0.726. The third-order valence-corrected chi connectivity index (χ3v) is 6.87. The van der Waals surface area contributed by atoms with E-state index in [0.29, 0.717) is 36.5 Å². The van der Waals surface area contributed by atoms with Gasteiger partial charge in [-0.3, -0.25) is 9.59 Å². The van der Waals surface area contributed by atoms with Gasteiger partial charge in [0.15, 0.2) is 0 Å². The molecule has 5 rings (SSSR count). The molecule has 2 aromatic heterocycles. The van der Waals surface area contributed by atoms with Crippen molar-refractivity contribution in [1.82, 2.24) is 9.47 Å². The number of likely N-dealkylation sites (tertiary alicyclic amines) is 1. The number of piperidine rings is 1. The van der Waals surface area contributed by atoms with Crippen LogP contribution in [0.1, 0.15) is 34.7 Å². The molecular formula is C25H26N2O5. The molecule has 2 aliphatic rings. The molecule has 32 heavy (non-hydrogen) atoms. The summed E-state index contributed by atoms with van der Waals surface area (Å²) in [5.74, 6) is 0.914. The van der Waals surface area contributed by atoms with Gasteiger partial charge < -0.3 is 18.6 Å². The predicted molar refractivity (Wildman–Crippen MR) is 120 cm³/mol. The number of carbonyl (C=O) groups is 1. The fourth-order valence-electron chi connectivity index (χ4n) is 5.37. The molecule has 7 heteroatoms. The van der Waals surface area contributed by atoms with Crippen LogP contribution in [0.25, 0.3) is 11.0 Å². The molecule has 1 aromatic carbocycles. The Morgan fingerprint density at radius 2 is 1.97 bits per heavy atom. The number of hydrogen-bond donors (Lipinski definition) is 0. The molecule has 2 aliphatic heterocycles. The average Bonchev–Trinajstić information content (AvgIpc) is 2.76. The van der Waals surface area contributed by atoms with E-state index in [-0.39, 0.29) is 29.7 Å². The Bertz CT molecular complexity index is 1350. The minimum atomic E-state index is -0.481. The van der Waals surface area contributed by atoms with Crippen molar-refractivity contribution in [3.63, 3.8) is 0 Å². The zero-order chi connectivity index (χ0) is 22.6. The summed E-state index contributed by atoms with van der Waals surface area (Å²) in [6.07, 6.45) is 0.961. The maximum Gasteiger partial charge on any atom is 0.340 e. The molecule has 3 aromatic rings. The Labute approximate surface area is 185 Å². The van der Waals surface area contributed by atoms with Gasteiger partial charge in [0.2, 0.25) is 5.91 Å². The number of methoxy groups -OCH3 is 1. The predicted octanol–water partition coefficient (Wildman–Crippen LogP) is 2.77. The number of rotatable bonds is 3. The van der Waals surface area contributed by atoms with Gasteiger partial charge >= 0.3 is 5.63 Å². The molecule has 0 saturated carbocycles. The molecule has 0 N–H and O–H groups in total. The van der Waals surface area contributed by atoms with Crippen LogP contribution in [0.5, 0.6) is 5.75 Å². The summed E-state index contributed by atoms with van der Waals surface area (Å²) < 4.78 is 12.9. The van der Waals surface area contributed by atoms with Crippen LogP contribution in [-0.4, -0.2) is 35.6 Å². The molecule has 7 nitrogen and oxygen atoms in total. The first-order chi connectivity index (χ1) is 15.4. The lowest BCUT2D eigenvalue weighted by Gasteiger charge is -2.42. The summed E-state index contributed by atoms with van der Waals surface area (Å²) >= 11 is 0. The molecule has 1 saturated heterocycles. The maximum atomic E-state index is 13.3. The Kier molecular flexibility index (Phi) is 4.92. The van der Waals surface area contributed by atoms with Crippen LogP contribution in [0, 0.1) is 19.8 Å². The summed E-state index contributed by atoms with van der Waals surface area (Å²) in [7, 11) is 1.58. The lowest BCUT2D eigenvalue weighted by molar-refractivity contribution is -0.133. The second-order valence-electron chi connectivity index (χ2n) is 9.01. The highest BCUT2D eigenvalue weighted by Crippen LogP contribution is 2.35. The van der Waals surface area contributed by atoms with Crippen LogP contribution in [0.4, 0.5) is 0 Å². The van der Waals surface area contributed by atoms with Crippen molar-refractivity contribution in [2.24, 2.45) is 5.92 Å². The Morgan fingerprint density at radius 3 is 2.75 bits per heavy atom. The van der Waals surface area contributed by atoms with Crippen molar-refractivity contribution >= 4 is 16.9 Å². The van der Waals surface area contributed by atoms with E-state index in [0.717, 1.165) is 28.6 Å². The molecule has 0 unspecified atom stereocenters. The molecule has 0 aliphatic carbocycles. The van der Waals surface area contributed by atoms with Gasteiger partial charge in [0.1, 0.15) is 11.3 Å². The van der Waals surface area contributed by atoms with E-state index in [4.69, 9.17) is 9.15 Å². The smallest absolute Gasteiger partial charge is 0.340 e. The molecule has 4 heterocycles. The zero-order valence-corrected chi connectivity index (χ0v) is 18.5. The van der Waals surface area contributed by atoms with E-state index in [1.165, 1.54) is 0 Å². The number of benzene rings is 1. The van der Waals surface area contributed by atoms with Crippen LogP contribution in [-0.2, 0) is 17.8 Å². The Morgan fingerprint density at radius 1 is 1.16 bits per heavy atom. The van der Waals surface area contributed by atoms with Gasteiger partial charge in [-0.25, -0.2) is 4.79 Å². The summed E-state index contributed by atoms with van der Waals surface area (Å²) in [6.45, 7) is 5.53. The quantitative estimate of drug-likeness (QED) is 0.592. The molecule has 2 bridgehead atoms. The number of carbonyl (C=O) groups excluding carboxylic acids is 1. The molecule has 1 amide bonds. The molecule has 166 valence electrons. The number of ether oxygens (including phenoxy) is 1. The van der Waals surface area contributed by atoms with Crippen molar-refractivity contribution in [3.05, 3.63) is 73.5 Å². The monoisotopic (exact) mass is 434 g/mol. The van der Waals surface area contributed by atoms with Gasteiger partial charge in [-0.05, 0) is 55.5 Å². The van der Waals surface area contributed by atoms with Crippen molar-refractivity contribution in [2.45, 2.75) is 39.2 Å². The van der Waals surface area contributed by atoms with Crippen molar-refractivity contribution in [1.29, 1.82) is 0 Å². The fraction of sp³-hybridized carbons (Fsp3) is 0.400. The largest absolute Gasteiger partial charge is 0.496 e. The van der Waals surface area contributed by atoms with E-state index in [9.17, 15) is 14.4 Å². The number of aromatic nitrogens is 1. The van der Waals surface area contributed by atoms with Gasteiger partial charge in [0.25, 0.3) is 5.56 Å². The second kappa shape index (κ2) is 7.65. The minimum absolute atomic E-state index is 0.0117.